The maximum atomic E-state index is 12.9. The van der Waals surface area contributed by atoms with Gasteiger partial charge in [-0.1, -0.05) is 61.4 Å². The lowest BCUT2D eigenvalue weighted by Crippen LogP contribution is -2.38. The number of hydrogen-bond donors (Lipinski definition) is 1. The van der Waals surface area contributed by atoms with E-state index in [0.29, 0.717) is 11.6 Å². The van der Waals surface area contributed by atoms with E-state index in [-0.39, 0.29) is 22.1 Å². The van der Waals surface area contributed by atoms with E-state index in [1.807, 2.05) is 37.3 Å². The highest BCUT2D eigenvalue weighted by molar-refractivity contribution is 8.00. The van der Waals surface area contributed by atoms with Gasteiger partial charge in [-0.15, -0.1) is 0 Å². The van der Waals surface area contributed by atoms with Crippen molar-refractivity contribution < 1.29 is 13.2 Å². The number of pyridine rings is 1. The van der Waals surface area contributed by atoms with Crippen LogP contribution in [0.4, 0.5) is 0 Å². The van der Waals surface area contributed by atoms with Crippen molar-refractivity contribution in [1.29, 1.82) is 0 Å². The van der Waals surface area contributed by atoms with Crippen molar-refractivity contribution in [2.24, 2.45) is 0 Å². The van der Waals surface area contributed by atoms with Crippen LogP contribution in [0.15, 0.2) is 58.6 Å². The van der Waals surface area contributed by atoms with Crippen LogP contribution in [-0.4, -0.2) is 48.5 Å². The molecule has 1 aromatic carbocycles. The number of nitrogens with one attached hydrogen (secondary N) is 1. The summed E-state index contributed by atoms with van der Waals surface area (Å²) in [4.78, 5) is 16.9. The molecule has 1 amide bonds. The van der Waals surface area contributed by atoms with E-state index in [1.165, 1.54) is 34.2 Å². The van der Waals surface area contributed by atoms with E-state index >= 15 is 0 Å². The van der Waals surface area contributed by atoms with Gasteiger partial charge in [0.05, 0.1) is 10.3 Å². The van der Waals surface area contributed by atoms with Gasteiger partial charge in [0.1, 0.15) is 4.90 Å². The Morgan fingerprint density at radius 3 is 2.52 bits per heavy atom. The summed E-state index contributed by atoms with van der Waals surface area (Å²) in [6, 6.07) is 13.3. The van der Waals surface area contributed by atoms with Crippen molar-refractivity contribution in [3.05, 3.63) is 54.2 Å². The summed E-state index contributed by atoms with van der Waals surface area (Å²) in [7, 11) is -1.89. The monoisotopic (exact) mass is 461 g/mol. The molecule has 1 fully saturated rings. The predicted molar refractivity (Wildman–Crippen MR) is 125 cm³/mol. The van der Waals surface area contributed by atoms with Crippen LogP contribution >= 0.6 is 11.8 Å². The Bertz CT molecular complexity index is 944. The summed E-state index contributed by atoms with van der Waals surface area (Å²) < 4.78 is 27.3. The lowest BCUT2D eigenvalue weighted by molar-refractivity contribution is -0.120. The fourth-order valence-corrected chi connectivity index (χ4v) is 5.92. The zero-order valence-corrected chi connectivity index (χ0v) is 19.8. The molecule has 1 saturated carbocycles. The minimum atomic E-state index is -3.56. The summed E-state index contributed by atoms with van der Waals surface area (Å²) in [5.41, 5.74) is 1.18. The van der Waals surface area contributed by atoms with Gasteiger partial charge >= 0.3 is 0 Å². The summed E-state index contributed by atoms with van der Waals surface area (Å²) in [5.74, 6) is -0.0588. The van der Waals surface area contributed by atoms with Gasteiger partial charge in [-0.25, -0.2) is 13.4 Å². The van der Waals surface area contributed by atoms with Crippen LogP contribution in [0.3, 0.4) is 0 Å². The number of amides is 1. The molecule has 0 bridgehead atoms. The van der Waals surface area contributed by atoms with Gasteiger partial charge in [-0.05, 0) is 43.9 Å². The molecule has 168 valence electrons. The predicted octanol–water partition coefficient (Wildman–Crippen LogP) is 3.87. The van der Waals surface area contributed by atoms with Gasteiger partial charge in [0.2, 0.25) is 15.9 Å². The van der Waals surface area contributed by atoms with Crippen molar-refractivity contribution in [3.63, 3.8) is 0 Å². The average molecular weight is 462 g/mol. The molecule has 8 heteroatoms. The normalized spacial score (nSPS) is 16.2. The molecule has 1 aromatic heterocycles. The Morgan fingerprint density at radius 1 is 1.16 bits per heavy atom. The van der Waals surface area contributed by atoms with Crippen LogP contribution in [0.25, 0.3) is 0 Å². The molecular formula is C23H31N3O3S2. The first-order valence-corrected chi connectivity index (χ1v) is 13.1. The van der Waals surface area contributed by atoms with Crippen LogP contribution in [0.1, 0.15) is 44.6 Å². The minimum absolute atomic E-state index is 0.0588. The minimum Gasteiger partial charge on any atom is -0.355 e. The summed E-state index contributed by atoms with van der Waals surface area (Å²) in [6.07, 6.45) is 7.32. The van der Waals surface area contributed by atoms with Crippen molar-refractivity contribution in [2.75, 3.05) is 13.6 Å². The summed E-state index contributed by atoms with van der Waals surface area (Å²) in [6.45, 7) is 2.40. The maximum Gasteiger partial charge on any atom is 0.244 e. The number of sulfonamides is 1. The van der Waals surface area contributed by atoms with Gasteiger partial charge in [-0.3, -0.25) is 4.79 Å². The van der Waals surface area contributed by atoms with Crippen LogP contribution in [0, 0.1) is 0 Å². The lowest BCUT2D eigenvalue weighted by Gasteiger charge is -2.30. The van der Waals surface area contributed by atoms with E-state index in [9.17, 15) is 13.2 Å². The second kappa shape index (κ2) is 11.1. The molecule has 0 saturated heterocycles. The van der Waals surface area contributed by atoms with E-state index in [1.54, 1.807) is 19.2 Å². The highest BCUT2D eigenvalue weighted by atomic mass is 32.2. The standard InChI is InChI=1S/C23H31N3O3S2/c1-18(23(27)24-16-15-19-9-5-3-6-10-19)30-22-14-13-21(17-25-22)31(28,29)26(2)20-11-7-4-8-12-20/h3,5-6,9-10,13-14,17-18,20H,4,7-8,11-12,15-16H2,1-2H3,(H,24,27). The number of hydrogen-bond acceptors (Lipinski definition) is 5. The zero-order valence-electron chi connectivity index (χ0n) is 18.2. The number of benzene rings is 1. The molecule has 0 aliphatic heterocycles. The first-order valence-electron chi connectivity index (χ1n) is 10.8. The molecule has 1 N–H and O–H groups in total. The van der Waals surface area contributed by atoms with Crippen molar-refractivity contribution >= 4 is 27.7 Å². The smallest absolute Gasteiger partial charge is 0.244 e. The van der Waals surface area contributed by atoms with Gasteiger partial charge in [0.25, 0.3) is 0 Å². The zero-order chi connectivity index (χ0) is 22.3. The van der Waals surface area contributed by atoms with E-state index < -0.39 is 10.0 Å². The second-order valence-electron chi connectivity index (χ2n) is 7.93. The Kier molecular flexibility index (Phi) is 8.51. The van der Waals surface area contributed by atoms with E-state index in [2.05, 4.69) is 10.3 Å². The third kappa shape index (κ3) is 6.54. The Labute approximate surface area is 189 Å². The van der Waals surface area contributed by atoms with E-state index in [4.69, 9.17) is 0 Å². The molecular weight excluding hydrogens is 430 g/mol. The average Bonchev–Trinajstić information content (AvgIpc) is 2.80. The van der Waals surface area contributed by atoms with Gasteiger partial charge < -0.3 is 5.32 Å². The third-order valence-corrected chi connectivity index (χ3v) is 8.64. The molecule has 0 radical (unpaired) electrons. The summed E-state index contributed by atoms with van der Waals surface area (Å²) >= 11 is 1.32. The number of carbonyl (C=O) groups is 1. The first kappa shape index (κ1) is 23.8. The molecule has 0 spiro atoms. The van der Waals surface area contributed by atoms with Crippen LogP contribution in [-0.2, 0) is 21.2 Å². The van der Waals surface area contributed by atoms with Crippen molar-refractivity contribution in [3.8, 4) is 0 Å². The highest BCUT2D eigenvalue weighted by Gasteiger charge is 2.29. The largest absolute Gasteiger partial charge is 0.355 e. The Hall–Kier alpha value is -1.90. The second-order valence-corrected chi connectivity index (χ2v) is 11.3. The van der Waals surface area contributed by atoms with Gasteiger partial charge in [0, 0.05) is 25.8 Å². The SMILES string of the molecule is CC(Sc1ccc(S(=O)(=O)N(C)C2CCCCC2)cn1)C(=O)NCCc1ccccc1. The quantitative estimate of drug-likeness (QED) is 0.574. The van der Waals surface area contributed by atoms with Crippen LogP contribution in [0.5, 0.6) is 0 Å². The first-order chi connectivity index (χ1) is 14.9. The fraction of sp³-hybridized carbons (Fsp3) is 0.478. The molecule has 1 aliphatic rings. The van der Waals surface area contributed by atoms with Gasteiger partial charge in [0.15, 0.2) is 0 Å². The molecule has 1 unspecified atom stereocenters. The molecule has 3 rings (SSSR count). The molecule has 1 aliphatic carbocycles. The molecule has 6 nitrogen and oxygen atoms in total. The van der Waals surface area contributed by atoms with Crippen LogP contribution in [0.2, 0.25) is 0 Å². The number of thioether (sulfide) groups is 1. The van der Waals surface area contributed by atoms with Crippen molar-refractivity contribution in [1.82, 2.24) is 14.6 Å². The molecule has 2 aromatic rings. The number of aromatic nitrogens is 1. The number of rotatable bonds is 9. The van der Waals surface area contributed by atoms with Gasteiger partial charge in [-0.2, -0.15) is 4.31 Å². The maximum absolute atomic E-state index is 12.9. The van der Waals surface area contributed by atoms with Crippen LogP contribution < -0.4 is 5.32 Å². The Morgan fingerprint density at radius 2 is 1.87 bits per heavy atom. The molecule has 1 atom stereocenters. The topological polar surface area (TPSA) is 79.4 Å². The number of carbonyl (C=O) groups excluding carboxylic acids is 1. The summed E-state index contributed by atoms with van der Waals surface area (Å²) in [5, 5.41) is 3.25. The lowest BCUT2D eigenvalue weighted by atomic mass is 9.96. The van der Waals surface area contributed by atoms with E-state index in [0.717, 1.165) is 32.1 Å². The number of nitrogens with zero attached hydrogens (tertiary/aromatic N) is 2. The molecule has 1 heterocycles. The Balaban J connectivity index is 1.52. The third-order valence-electron chi connectivity index (χ3n) is 5.70. The fourth-order valence-electron chi connectivity index (χ4n) is 3.75. The highest BCUT2D eigenvalue weighted by Crippen LogP contribution is 2.27. The van der Waals surface area contributed by atoms with Crippen molar-refractivity contribution in [2.45, 2.75) is 66.7 Å². The molecule has 31 heavy (non-hydrogen) atoms.